The van der Waals surface area contributed by atoms with Crippen LogP contribution in [0.2, 0.25) is 0 Å². The molecule has 0 aliphatic heterocycles. The van der Waals surface area contributed by atoms with Gasteiger partial charge in [-0.15, -0.1) is 0 Å². The Labute approximate surface area is 159 Å². The van der Waals surface area contributed by atoms with Crippen molar-refractivity contribution in [3.8, 4) is 0 Å². The van der Waals surface area contributed by atoms with Crippen LogP contribution in [0.5, 0.6) is 0 Å². The zero-order valence-electron chi connectivity index (χ0n) is 13.8. The SMILES string of the molecule is Cc1ccc2c3c(C(N)=O)cccc3n(Cc3ccc(I)cc3)c2c1. The molecule has 4 heteroatoms. The van der Waals surface area contributed by atoms with E-state index < -0.39 is 0 Å². The van der Waals surface area contributed by atoms with E-state index in [2.05, 4.69) is 82.6 Å². The molecule has 0 radical (unpaired) electrons. The van der Waals surface area contributed by atoms with Crippen molar-refractivity contribution in [2.75, 3.05) is 0 Å². The molecule has 4 aromatic rings. The lowest BCUT2D eigenvalue weighted by Gasteiger charge is -2.09. The lowest BCUT2D eigenvalue weighted by molar-refractivity contribution is 0.100. The van der Waals surface area contributed by atoms with Crippen LogP contribution in [-0.4, -0.2) is 10.5 Å². The molecule has 0 atom stereocenters. The summed E-state index contributed by atoms with van der Waals surface area (Å²) in [5, 5.41) is 2.01. The molecule has 0 fully saturated rings. The van der Waals surface area contributed by atoms with Gasteiger partial charge in [0.25, 0.3) is 0 Å². The highest BCUT2D eigenvalue weighted by Gasteiger charge is 2.16. The van der Waals surface area contributed by atoms with Crippen molar-refractivity contribution in [3.63, 3.8) is 0 Å². The van der Waals surface area contributed by atoms with Crippen molar-refractivity contribution in [2.24, 2.45) is 5.73 Å². The van der Waals surface area contributed by atoms with Crippen LogP contribution < -0.4 is 5.73 Å². The molecule has 124 valence electrons. The minimum absolute atomic E-state index is 0.389. The van der Waals surface area contributed by atoms with Crippen molar-refractivity contribution >= 4 is 50.3 Å². The van der Waals surface area contributed by atoms with Crippen LogP contribution in [0.3, 0.4) is 0 Å². The van der Waals surface area contributed by atoms with Crippen LogP contribution in [0.1, 0.15) is 21.5 Å². The van der Waals surface area contributed by atoms with Crippen molar-refractivity contribution in [2.45, 2.75) is 13.5 Å². The summed E-state index contributed by atoms with van der Waals surface area (Å²) in [7, 11) is 0. The van der Waals surface area contributed by atoms with E-state index in [9.17, 15) is 4.79 Å². The summed E-state index contributed by atoms with van der Waals surface area (Å²) in [6, 6.07) is 20.6. The minimum atomic E-state index is -0.389. The second kappa shape index (κ2) is 6.19. The zero-order valence-corrected chi connectivity index (χ0v) is 15.9. The summed E-state index contributed by atoms with van der Waals surface area (Å²) in [6.07, 6.45) is 0. The number of rotatable bonds is 3. The van der Waals surface area contributed by atoms with Crippen LogP contribution in [-0.2, 0) is 6.54 Å². The maximum absolute atomic E-state index is 11.9. The second-order valence-electron chi connectivity index (χ2n) is 6.30. The van der Waals surface area contributed by atoms with Gasteiger partial charge in [-0.05, 0) is 71.0 Å². The Hall–Kier alpha value is -2.34. The van der Waals surface area contributed by atoms with Gasteiger partial charge in [0, 0.05) is 32.0 Å². The highest BCUT2D eigenvalue weighted by atomic mass is 127. The molecule has 1 heterocycles. The molecular formula is C21H17IN2O. The third kappa shape index (κ3) is 2.80. The molecule has 1 amide bonds. The Morgan fingerprint density at radius 1 is 1.04 bits per heavy atom. The molecule has 0 saturated carbocycles. The van der Waals surface area contributed by atoms with E-state index in [0.717, 1.165) is 28.4 Å². The number of hydrogen-bond acceptors (Lipinski definition) is 1. The number of halogens is 1. The molecule has 3 nitrogen and oxygen atoms in total. The molecule has 0 aliphatic carbocycles. The third-order valence-corrected chi connectivity index (χ3v) is 5.29. The van der Waals surface area contributed by atoms with E-state index >= 15 is 0 Å². The first-order chi connectivity index (χ1) is 12.0. The Bertz CT molecular complexity index is 1110. The van der Waals surface area contributed by atoms with Gasteiger partial charge in [0.1, 0.15) is 0 Å². The van der Waals surface area contributed by atoms with Gasteiger partial charge in [-0.1, -0.05) is 30.3 Å². The number of carbonyl (C=O) groups excluding carboxylic acids is 1. The number of aromatic nitrogens is 1. The van der Waals surface area contributed by atoms with Crippen molar-refractivity contribution in [1.82, 2.24) is 4.57 Å². The van der Waals surface area contributed by atoms with Crippen molar-refractivity contribution in [1.29, 1.82) is 0 Å². The second-order valence-corrected chi connectivity index (χ2v) is 7.54. The van der Waals surface area contributed by atoms with Gasteiger partial charge in [0.05, 0.1) is 5.52 Å². The lowest BCUT2D eigenvalue weighted by Crippen LogP contribution is -2.11. The Kier molecular flexibility index (Phi) is 4.00. The summed E-state index contributed by atoms with van der Waals surface area (Å²) >= 11 is 2.31. The normalized spacial score (nSPS) is 11.3. The van der Waals surface area contributed by atoms with E-state index in [1.807, 2.05) is 6.07 Å². The summed E-state index contributed by atoms with van der Waals surface area (Å²) in [5.41, 5.74) is 10.8. The molecular weight excluding hydrogens is 423 g/mol. The fraction of sp³-hybridized carbons (Fsp3) is 0.0952. The molecule has 4 rings (SSSR count). The number of primary amides is 1. The number of amides is 1. The fourth-order valence-corrected chi connectivity index (χ4v) is 3.76. The van der Waals surface area contributed by atoms with Gasteiger partial charge in [0.15, 0.2) is 0 Å². The first kappa shape index (κ1) is 16.1. The average Bonchev–Trinajstić information content (AvgIpc) is 2.90. The van der Waals surface area contributed by atoms with E-state index in [1.165, 1.54) is 14.7 Å². The lowest BCUT2D eigenvalue weighted by atomic mass is 10.1. The van der Waals surface area contributed by atoms with Crippen LogP contribution in [0, 0.1) is 10.5 Å². The molecule has 1 aromatic heterocycles. The largest absolute Gasteiger partial charge is 0.366 e. The Balaban J connectivity index is 2.03. The maximum atomic E-state index is 11.9. The summed E-state index contributed by atoms with van der Waals surface area (Å²) in [4.78, 5) is 11.9. The van der Waals surface area contributed by atoms with Gasteiger partial charge in [-0.25, -0.2) is 0 Å². The molecule has 0 unspecified atom stereocenters. The number of nitrogens with zero attached hydrogens (tertiary/aromatic N) is 1. The predicted octanol–water partition coefficient (Wildman–Crippen LogP) is 4.85. The van der Waals surface area contributed by atoms with Crippen molar-refractivity contribution in [3.05, 3.63) is 80.9 Å². The molecule has 0 spiro atoms. The van der Waals surface area contributed by atoms with Gasteiger partial charge in [-0.2, -0.15) is 0 Å². The summed E-state index contributed by atoms with van der Waals surface area (Å²) in [6.45, 7) is 2.84. The van der Waals surface area contributed by atoms with Gasteiger partial charge < -0.3 is 10.3 Å². The fourth-order valence-electron chi connectivity index (χ4n) is 3.40. The first-order valence-electron chi connectivity index (χ1n) is 8.10. The average molecular weight is 440 g/mol. The van der Waals surface area contributed by atoms with E-state index in [-0.39, 0.29) is 5.91 Å². The molecule has 0 aliphatic rings. The van der Waals surface area contributed by atoms with Crippen LogP contribution in [0.4, 0.5) is 0 Å². The van der Waals surface area contributed by atoms with Gasteiger partial charge in [0.2, 0.25) is 5.91 Å². The number of carbonyl (C=O) groups is 1. The number of hydrogen-bond donors (Lipinski definition) is 1. The maximum Gasteiger partial charge on any atom is 0.249 e. The smallest absolute Gasteiger partial charge is 0.249 e. The van der Waals surface area contributed by atoms with E-state index in [4.69, 9.17) is 5.73 Å². The summed E-state index contributed by atoms with van der Waals surface area (Å²) in [5.74, 6) is -0.389. The monoisotopic (exact) mass is 440 g/mol. The predicted molar refractivity (Wildman–Crippen MR) is 111 cm³/mol. The number of fused-ring (bicyclic) bond motifs is 3. The molecule has 25 heavy (non-hydrogen) atoms. The highest BCUT2D eigenvalue weighted by Crippen LogP contribution is 2.32. The van der Waals surface area contributed by atoms with Crippen molar-refractivity contribution < 1.29 is 4.79 Å². The quantitative estimate of drug-likeness (QED) is 0.455. The summed E-state index contributed by atoms with van der Waals surface area (Å²) < 4.78 is 3.49. The first-order valence-corrected chi connectivity index (χ1v) is 9.18. The van der Waals surface area contributed by atoms with Gasteiger partial charge in [-0.3, -0.25) is 4.79 Å². The number of aryl methyl sites for hydroxylation is 1. The standard InChI is InChI=1S/C21H17IN2O/c1-13-5-10-16-19(11-13)24(12-14-6-8-15(22)9-7-14)18-4-2-3-17(20(16)18)21(23)25/h2-11H,12H2,1H3,(H2,23,25). The topological polar surface area (TPSA) is 48.0 Å². The molecule has 2 N–H and O–H groups in total. The highest BCUT2D eigenvalue weighted by molar-refractivity contribution is 14.1. The minimum Gasteiger partial charge on any atom is -0.366 e. The molecule has 0 bridgehead atoms. The Morgan fingerprint density at radius 3 is 2.52 bits per heavy atom. The van der Waals surface area contributed by atoms with Crippen LogP contribution >= 0.6 is 22.6 Å². The van der Waals surface area contributed by atoms with E-state index in [0.29, 0.717) is 5.56 Å². The van der Waals surface area contributed by atoms with Crippen LogP contribution in [0.25, 0.3) is 21.8 Å². The van der Waals surface area contributed by atoms with Crippen LogP contribution in [0.15, 0.2) is 60.7 Å². The number of benzene rings is 3. The van der Waals surface area contributed by atoms with E-state index in [1.54, 1.807) is 6.07 Å². The Morgan fingerprint density at radius 2 is 1.80 bits per heavy atom. The zero-order chi connectivity index (χ0) is 17.6. The molecule has 3 aromatic carbocycles. The number of nitrogens with two attached hydrogens (primary N) is 1. The van der Waals surface area contributed by atoms with Gasteiger partial charge >= 0.3 is 0 Å². The third-order valence-electron chi connectivity index (χ3n) is 4.57. The molecule has 0 saturated heterocycles.